The van der Waals surface area contributed by atoms with E-state index >= 15 is 0 Å². The van der Waals surface area contributed by atoms with Crippen LogP contribution in [0, 0.1) is 6.92 Å². The molecular formula is C12H18ClF2N3O3S. The monoisotopic (exact) mass is 357 g/mol. The summed E-state index contributed by atoms with van der Waals surface area (Å²) in [4.78, 5) is 11.8. The van der Waals surface area contributed by atoms with E-state index in [0.717, 1.165) is 6.26 Å². The first-order valence-electron chi connectivity index (χ1n) is 5.98. The van der Waals surface area contributed by atoms with Crippen LogP contribution in [0.25, 0.3) is 0 Å². The van der Waals surface area contributed by atoms with Crippen molar-refractivity contribution in [1.29, 1.82) is 0 Å². The molecule has 126 valence electrons. The SMILES string of the molecule is Cc1ccc(C(=O)NCC(F)(F)CN)cc1NS(C)(=O)=O.Cl. The molecule has 0 heterocycles. The zero-order valence-electron chi connectivity index (χ0n) is 12.0. The molecule has 22 heavy (non-hydrogen) atoms. The maximum absolute atomic E-state index is 13.0. The van der Waals surface area contributed by atoms with Crippen molar-refractivity contribution in [3.63, 3.8) is 0 Å². The van der Waals surface area contributed by atoms with Crippen molar-refractivity contribution in [2.24, 2.45) is 5.73 Å². The van der Waals surface area contributed by atoms with Gasteiger partial charge in [0.1, 0.15) is 0 Å². The Bertz CT molecular complexity index is 639. The maximum atomic E-state index is 13.0. The fraction of sp³-hybridized carbons (Fsp3) is 0.417. The molecule has 1 aromatic rings. The molecule has 0 spiro atoms. The van der Waals surface area contributed by atoms with E-state index in [1.807, 2.05) is 0 Å². The summed E-state index contributed by atoms with van der Waals surface area (Å²) in [5.41, 5.74) is 5.76. The molecular weight excluding hydrogens is 340 g/mol. The second kappa shape index (κ2) is 7.70. The van der Waals surface area contributed by atoms with Crippen LogP contribution in [0.2, 0.25) is 0 Å². The molecule has 1 aromatic carbocycles. The van der Waals surface area contributed by atoms with Gasteiger partial charge in [-0.3, -0.25) is 9.52 Å². The largest absolute Gasteiger partial charge is 0.346 e. The summed E-state index contributed by atoms with van der Waals surface area (Å²) in [6, 6.07) is 4.22. The first kappa shape index (κ1) is 20.6. The van der Waals surface area contributed by atoms with Crippen molar-refractivity contribution < 1.29 is 22.0 Å². The summed E-state index contributed by atoms with van der Waals surface area (Å²) in [6.07, 6.45) is 0.973. The third kappa shape index (κ3) is 6.54. The Labute approximate surface area is 133 Å². The number of alkyl halides is 2. The van der Waals surface area contributed by atoms with Gasteiger partial charge in [0.15, 0.2) is 0 Å². The number of carbonyl (C=O) groups excluding carboxylic acids is 1. The zero-order chi connectivity index (χ0) is 16.3. The summed E-state index contributed by atoms with van der Waals surface area (Å²) in [7, 11) is -3.50. The number of nitrogens with one attached hydrogen (secondary N) is 2. The van der Waals surface area contributed by atoms with Crippen LogP contribution in [0.5, 0.6) is 0 Å². The summed E-state index contributed by atoms with van der Waals surface area (Å²) in [5.74, 6) is -3.92. The Morgan fingerprint density at radius 2 is 1.95 bits per heavy atom. The molecule has 1 rings (SSSR count). The number of sulfonamides is 1. The summed E-state index contributed by atoms with van der Waals surface area (Å²) >= 11 is 0. The van der Waals surface area contributed by atoms with Gasteiger partial charge in [-0.05, 0) is 24.6 Å². The van der Waals surface area contributed by atoms with Gasteiger partial charge in [-0.25, -0.2) is 17.2 Å². The highest BCUT2D eigenvalue weighted by Crippen LogP contribution is 2.18. The second-order valence-corrected chi connectivity index (χ2v) is 6.40. The number of nitrogens with two attached hydrogens (primary N) is 1. The number of aryl methyl sites for hydroxylation is 1. The van der Waals surface area contributed by atoms with Crippen molar-refractivity contribution in [3.05, 3.63) is 29.3 Å². The number of benzene rings is 1. The van der Waals surface area contributed by atoms with Crippen LogP contribution in [0.3, 0.4) is 0 Å². The van der Waals surface area contributed by atoms with Crippen LogP contribution in [0.15, 0.2) is 18.2 Å². The summed E-state index contributed by atoms with van der Waals surface area (Å²) < 4.78 is 50.6. The highest BCUT2D eigenvalue weighted by molar-refractivity contribution is 7.92. The van der Waals surface area contributed by atoms with E-state index in [9.17, 15) is 22.0 Å². The zero-order valence-corrected chi connectivity index (χ0v) is 13.7. The van der Waals surface area contributed by atoms with Crippen LogP contribution in [-0.4, -0.2) is 39.6 Å². The quantitative estimate of drug-likeness (QED) is 0.709. The van der Waals surface area contributed by atoms with E-state index in [1.54, 1.807) is 6.92 Å². The van der Waals surface area contributed by atoms with Gasteiger partial charge in [-0.1, -0.05) is 6.07 Å². The van der Waals surface area contributed by atoms with E-state index in [2.05, 4.69) is 10.0 Å². The number of anilines is 1. The molecule has 1 amide bonds. The molecule has 0 saturated heterocycles. The third-order valence-electron chi connectivity index (χ3n) is 2.60. The highest BCUT2D eigenvalue weighted by Gasteiger charge is 2.27. The number of hydrogen-bond donors (Lipinski definition) is 3. The fourth-order valence-corrected chi connectivity index (χ4v) is 2.08. The van der Waals surface area contributed by atoms with Crippen LogP contribution in [0.4, 0.5) is 14.5 Å². The Balaban J connectivity index is 0.00000441. The van der Waals surface area contributed by atoms with E-state index in [4.69, 9.17) is 5.73 Å². The fourth-order valence-electron chi connectivity index (χ4n) is 1.46. The summed E-state index contributed by atoms with van der Waals surface area (Å²) in [5, 5.41) is 2.05. The Morgan fingerprint density at radius 3 is 2.45 bits per heavy atom. The van der Waals surface area contributed by atoms with Gasteiger partial charge in [0.2, 0.25) is 10.0 Å². The van der Waals surface area contributed by atoms with Crippen LogP contribution < -0.4 is 15.8 Å². The van der Waals surface area contributed by atoms with Crippen LogP contribution >= 0.6 is 12.4 Å². The van der Waals surface area contributed by atoms with E-state index in [-0.39, 0.29) is 23.7 Å². The lowest BCUT2D eigenvalue weighted by Crippen LogP contribution is -2.41. The van der Waals surface area contributed by atoms with E-state index in [0.29, 0.717) is 5.56 Å². The number of carbonyl (C=O) groups is 1. The smallest absolute Gasteiger partial charge is 0.277 e. The molecule has 0 fully saturated rings. The first-order chi connectivity index (χ1) is 9.54. The number of hydrogen-bond acceptors (Lipinski definition) is 4. The minimum atomic E-state index is -3.50. The lowest BCUT2D eigenvalue weighted by Gasteiger charge is -2.15. The molecule has 0 atom stereocenters. The lowest BCUT2D eigenvalue weighted by molar-refractivity contribution is 0.0118. The molecule has 0 aliphatic carbocycles. The number of rotatable bonds is 6. The third-order valence-corrected chi connectivity index (χ3v) is 3.19. The predicted octanol–water partition coefficient (Wildman–Crippen LogP) is 1.11. The molecule has 0 aliphatic rings. The van der Waals surface area contributed by atoms with Crippen molar-refractivity contribution in [1.82, 2.24) is 5.32 Å². The molecule has 0 radical (unpaired) electrons. The Hall–Kier alpha value is -1.45. The average molecular weight is 358 g/mol. The van der Waals surface area contributed by atoms with E-state index < -0.39 is 34.9 Å². The lowest BCUT2D eigenvalue weighted by atomic mass is 10.1. The standard InChI is InChI=1S/C12H17F2N3O3S.ClH/c1-8-3-4-9(5-10(8)17-21(2,19)20)11(18)16-7-12(13,14)6-15;/h3-5,17H,6-7,15H2,1-2H3,(H,16,18);1H. The second-order valence-electron chi connectivity index (χ2n) is 4.65. The van der Waals surface area contributed by atoms with E-state index in [1.165, 1.54) is 18.2 Å². The Kier molecular flexibility index (Phi) is 7.20. The van der Waals surface area contributed by atoms with Crippen molar-refractivity contribution in [3.8, 4) is 0 Å². The van der Waals surface area contributed by atoms with Gasteiger partial charge >= 0.3 is 0 Å². The van der Waals surface area contributed by atoms with Gasteiger partial charge in [0.25, 0.3) is 11.8 Å². The molecule has 0 unspecified atom stereocenters. The highest BCUT2D eigenvalue weighted by atomic mass is 35.5. The predicted molar refractivity (Wildman–Crippen MR) is 83.2 cm³/mol. The molecule has 4 N–H and O–H groups in total. The van der Waals surface area contributed by atoms with Gasteiger partial charge < -0.3 is 11.1 Å². The Morgan fingerprint density at radius 1 is 1.36 bits per heavy atom. The van der Waals surface area contributed by atoms with Gasteiger partial charge in [0.05, 0.1) is 25.0 Å². The van der Waals surface area contributed by atoms with Crippen LogP contribution in [-0.2, 0) is 10.0 Å². The van der Waals surface area contributed by atoms with Gasteiger partial charge in [-0.2, -0.15) is 0 Å². The van der Waals surface area contributed by atoms with Crippen molar-refractivity contribution >= 4 is 34.0 Å². The molecule has 0 bridgehead atoms. The minimum Gasteiger partial charge on any atom is -0.346 e. The summed E-state index contributed by atoms with van der Waals surface area (Å²) in [6.45, 7) is -0.106. The van der Waals surface area contributed by atoms with Gasteiger partial charge in [-0.15, -0.1) is 12.4 Å². The minimum absolute atomic E-state index is 0. The first-order valence-corrected chi connectivity index (χ1v) is 7.88. The van der Waals surface area contributed by atoms with Crippen LogP contribution in [0.1, 0.15) is 15.9 Å². The molecule has 10 heteroatoms. The van der Waals surface area contributed by atoms with Crippen molar-refractivity contribution in [2.75, 3.05) is 24.1 Å². The molecule has 0 aromatic heterocycles. The molecule has 0 aliphatic heterocycles. The molecule has 0 saturated carbocycles. The topological polar surface area (TPSA) is 101 Å². The average Bonchev–Trinajstić information content (AvgIpc) is 2.37. The maximum Gasteiger partial charge on any atom is 0.277 e. The van der Waals surface area contributed by atoms with Crippen molar-refractivity contribution in [2.45, 2.75) is 12.8 Å². The normalized spacial score (nSPS) is 11.5. The van der Waals surface area contributed by atoms with Gasteiger partial charge in [0, 0.05) is 5.56 Å². The number of amides is 1. The molecule has 6 nitrogen and oxygen atoms in total. The number of halogens is 3.